The Labute approximate surface area is 142 Å². The molecule has 3 N–H and O–H groups in total. The molecule has 0 saturated carbocycles. The minimum absolute atomic E-state index is 0.138. The largest absolute Gasteiger partial charge is 0.445 e. The van der Waals surface area contributed by atoms with Crippen LogP contribution in [-0.2, 0) is 11.3 Å². The standard InChI is InChI=1S/C16H17BrN2O4/c17-13-6-12(7-18-8-13)15(21)14(20)9-19-16(22)23-10-11-4-2-1-3-5-11/h1-8,14-15,20-21H,9-10H2,(H,19,22). The molecule has 0 spiro atoms. The number of rotatable bonds is 6. The summed E-state index contributed by atoms with van der Waals surface area (Å²) >= 11 is 3.24. The number of nitrogens with one attached hydrogen (secondary N) is 1. The maximum Gasteiger partial charge on any atom is 0.407 e. The fraction of sp³-hybridized carbons (Fsp3) is 0.250. The average Bonchev–Trinajstić information content (AvgIpc) is 2.58. The molecule has 0 fully saturated rings. The molecule has 7 heteroatoms. The molecular formula is C16H17BrN2O4. The summed E-state index contributed by atoms with van der Waals surface area (Å²) in [6, 6.07) is 10.9. The van der Waals surface area contributed by atoms with Crippen LogP contribution in [0.1, 0.15) is 17.2 Å². The SMILES string of the molecule is O=C(NCC(O)C(O)c1cncc(Br)c1)OCc1ccccc1. The number of carbonyl (C=O) groups excluding carboxylic acids is 1. The summed E-state index contributed by atoms with van der Waals surface area (Å²) in [4.78, 5) is 15.5. The van der Waals surface area contributed by atoms with Gasteiger partial charge < -0.3 is 20.3 Å². The van der Waals surface area contributed by atoms with Gasteiger partial charge in [0.2, 0.25) is 0 Å². The van der Waals surface area contributed by atoms with E-state index in [0.29, 0.717) is 10.0 Å². The van der Waals surface area contributed by atoms with Gasteiger partial charge in [-0.3, -0.25) is 4.98 Å². The lowest BCUT2D eigenvalue weighted by Crippen LogP contribution is -2.35. The molecule has 1 heterocycles. The van der Waals surface area contributed by atoms with Crippen molar-refractivity contribution in [3.8, 4) is 0 Å². The van der Waals surface area contributed by atoms with Crippen molar-refractivity contribution in [1.82, 2.24) is 10.3 Å². The van der Waals surface area contributed by atoms with Gasteiger partial charge in [-0.05, 0) is 27.6 Å². The number of aliphatic hydroxyl groups is 2. The first-order valence-electron chi connectivity index (χ1n) is 6.97. The number of aromatic nitrogens is 1. The maximum absolute atomic E-state index is 11.6. The van der Waals surface area contributed by atoms with Gasteiger partial charge in [-0.15, -0.1) is 0 Å². The third-order valence-electron chi connectivity index (χ3n) is 3.10. The number of benzene rings is 1. The van der Waals surface area contributed by atoms with Gasteiger partial charge in [-0.25, -0.2) is 4.79 Å². The van der Waals surface area contributed by atoms with Crippen LogP contribution in [0.2, 0.25) is 0 Å². The Bertz CT molecular complexity index is 639. The van der Waals surface area contributed by atoms with Gasteiger partial charge in [0.25, 0.3) is 0 Å². The molecule has 0 radical (unpaired) electrons. The Morgan fingerprint density at radius 3 is 2.70 bits per heavy atom. The van der Waals surface area contributed by atoms with E-state index in [2.05, 4.69) is 26.2 Å². The highest BCUT2D eigenvalue weighted by Crippen LogP contribution is 2.19. The normalized spacial score (nSPS) is 13.2. The molecular weight excluding hydrogens is 364 g/mol. The van der Waals surface area contributed by atoms with Crippen molar-refractivity contribution in [2.75, 3.05) is 6.54 Å². The summed E-state index contributed by atoms with van der Waals surface area (Å²) in [7, 11) is 0. The number of ether oxygens (including phenoxy) is 1. The molecule has 2 rings (SSSR count). The average molecular weight is 381 g/mol. The molecule has 0 aliphatic rings. The summed E-state index contributed by atoms with van der Waals surface area (Å²) < 4.78 is 5.71. The number of hydrogen-bond donors (Lipinski definition) is 3. The van der Waals surface area contributed by atoms with Crippen LogP contribution < -0.4 is 5.32 Å². The van der Waals surface area contributed by atoms with Gasteiger partial charge in [0, 0.05) is 29.0 Å². The van der Waals surface area contributed by atoms with Crippen molar-refractivity contribution in [3.63, 3.8) is 0 Å². The lowest BCUT2D eigenvalue weighted by Gasteiger charge is -2.18. The zero-order chi connectivity index (χ0) is 16.7. The zero-order valence-corrected chi connectivity index (χ0v) is 13.8. The molecule has 23 heavy (non-hydrogen) atoms. The molecule has 2 atom stereocenters. The minimum atomic E-state index is -1.17. The second-order valence-electron chi connectivity index (χ2n) is 4.89. The topological polar surface area (TPSA) is 91.7 Å². The van der Waals surface area contributed by atoms with Gasteiger partial charge in [0.1, 0.15) is 18.8 Å². The number of alkyl carbamates (subject to hydrolysis) is 1. The van der Waals surface area contributed by atoms with Crippen LogP contribution in [0.15, 0.2) is 53.3 Å². The molecule has 1 amide bonds. The van der Waals surface area contributed by atoms with Crippen LogP contribution in [0, 0.1) is 0 Å². The van der Waals surface area contributed by atoms with Crippen molar-refractivity contribution in [2.24, 2.45) is 0 Å². The highest BCUT2D eigenvalue weighted by Gasteiger charge is 2.20. The van der Waals surface area contributed by atoms with E-state index in [1.807, 2.05) is 30.3 Å². The highest BCUT2D eigenvalue weighted by atomic mass is 79.9. The Balaban J connectivity index is 1.77. The minimum Gasteiger partial charge on any atom is -0.445 e. The number of amides is 1. The molecule has 122 valence electrons. The lowest BCUT2D eigenvalue weighted by molar-refractivity contribution is 0.0182. The predicted molar refractivity (Wildman–Crippen MR) is 87.5 cm³/mol. The molecule has 2 unspecified atom stereocenters. The van der Waals surface area contributed by atoms with Gasteiger partial charge in [-0.2, -0.15) is 0 Å². The van der Waals surface area contributed by atoms with Crippen molar-refractivity contribution >= 4 is 22.0 Å². The number of pyridine rings is 1. The van der Waals surface area contributed by atoms with Crippen molar-refractivity contribution in [1.29, 1.82) is 0 Å². The number of aliphatic hydroxyl groups excluding tert-OH is 2. The smallest absolute Gasteiger partial charge is 0.407 e. The Hall–Kier alpha value is -1.96. The molecule has 6 nitrogen and oxygen atoms in total. The Kier molecular flexibility index (Phi) is 6.52. The summed E-state index contributed by atoms with van der Waals surface area (Å²) in [5.41, 5.74) is 1.31. The maximum atomic E-state index is 11.6. The fourth-order valence-electron chi connectivity index (χ4n) is 1.89. The summed E-state index contributed by atoms with van der Waals surface area (Å²) in [5, 5.41) is 22.4. The van der Waals surface area contributed by atoms with Crippen LogP contribution in [0.5, 0.6) is 0 Å². The quantitative estimate of drug-likeness (QED) is 0.714. The number of halogens is 1. The first-order chi connectivity index (χ1) is 11.1. The zero-order valence-electron chi connectivity index (χ0n) is 12.2. The van der Waals surface area contributed by atoms with Gasteiger partial charge in [0.05, 0.1) is 0 Å². The third-order valence-corrected chi connectivity index (χ3v) is 3.53. The van der Waals surface area contributed by atoms with Gasteiger partial charge in [0.15, 0.2) is 0 Å². The molecule has 1 aromatic heterocycles. The first kappa shape index (κ1) is 17.4. The second-order valence-corrected chi connectivity index (χ2v) is 5.81. The van der Waals surface area contributed by atoms with Gasteiger partial charge in [-0.1, -0.05) is 30.3 Å². The predicted octanol–water partition coefficient (Wildman–Crippen LogP) is 2.16. The summed E-state index contributed by atoms with van der Waals surface area (Å²) in [5.74, 6) is 0. The van der Waals surface area contributed by atoms with E-state index in [-0.39, 0.29) is 13.2 Å². The van der Waals surface area contributed by atoms with E-state index in [9.17, 15) is 15.0 Å². The van der Waals surface area contributed by atoms with Crippen LogP contribution >= 0.6 is 15.9 Å². The van der Waals surface area contributed by atoms with E-state index >= 15 is 0 Å². The van der Waals surface area contributed by atoms with Crippen molar-refractivity contribution in [3.05, 3.63) is 64.4 Å². The van der Waals surface area contributed by atoms with Crippen molar-refractivity contribution < 1.29 is 19.7 Å². The molecule has 0 aliphatic carbocycles. The van der Waals surface area contributed by atoms with Crippen LogP contribution in [0.3, 0.4) is 0 Å². The lowest BCUT2D eigenvalue weighted by atomic mass is 10.1. The van der Waals surface area contributed by atoms with Crippen LogP contribution in [-0.4, -0.2) is 33.9 Å². The summed E-state index contributed by atoms with van der Waals surface area (Å²) in [6.45, 7) is 0.00216. The molecule has 2 aromatic rings. The number of carbonyl (C=O) groups is 1. The number of hydrogen-bond acceptors (Lipinski definition) is 5. The monoisotopic (exact) mass is 380 g/mol. The van der Waals surface area contributed by atoms with E-state index < -0.39 is 18.3 Å². The first-order valence-corrected chi connectivity index (χ1v) is 7.76. The van der Waals surface area contributed by atoms with E-state index in [1.54, 1.807) is 12.3 Å². The van der Waals surface area contributed by atoms with Gasteiger partial charge >= 0.3 is 6.09 Å². The fourth-order valence-corrected chi connectivity index (χ4v) is 2.27. The third kappa shape index (κ3) is 5.63. The molecule has 0 bridgehead atoms. The Morgan fingerprint density at radius 1 is 1.26 bits per heavy atom. The van der Waals surface area contributed by atoms with E-state index in [4.69, 9.17) is 4.74 Å². The second kappa shape index (κ2) is 8.61. The molecule has 0 saturated heterocycles. The Morgan fingerprint density at radius 2 is 2.00 bits per heavy atom. The van der Waals surface area contributed by atoms with Crippen LogP contribution in [0.25, 0.3) is 0 Å². The highest BCUT2D eigenvalue weighted by molar-refractivity contribution is 9.10. The van der Waals surface area contributed by atoms with Crippen LogP contribution in [0.4, 0.5) is 4.79 Å². The van der Waals surface area contributed by atoms with E-state index in [1.165, 1.54) is 6.20 Å². The summed E-state index contributed by atoms with van der Waals surface area (Å²) in [6.07, 6.45) is 0.0334. The van der Waals surface area contributed by atoms with E-state index in [0.717, 1.165) is 5.56 Å². The number of nitrogens with zero attached hydrogens (tertiary/aromatic N) is 1. The molecule has 0 aliphatic heterocycles. The molecule has 1 aromatic carbocycles. The van der Waals surface area contributed by atoms with Crippen molar-refractivity contribution in [2.45, 2.75) is 18.8 Å².